The molecule has 0 heterocycles. The van der Waals surface area contributed by atoms with Gasteiger partial charge in [-0.1, -0.05) is 6.07 Å². The second-order valence-electron chi connectivity index (χ2n) is 4.07. The summed E-state index contributed by atoms with van der Waals surface area (Å²) in [5, 5.41) is 0. The topological polar surface area (TPSA) is 44.5 Å². The third-order valence-electron chi connectivity index (χ3n) is 2.37. The number of nitrogens with two attached hydrogens (primary N) is 1. The fraction of sp³-hybridized carbons (Fsp3) is 0.538. The summed E-state index contributed by atoms with van der Waals surface area (Å²) < 4.78 is 24.3. The molecule has 17 heavy (non-hydrogen) atoms. The molecule has 0 aliphatic rings. The Bertz CT molecular complexity index is 355. The van der Waals surface area contributed by atoms with Crippen molar-refractivity contribution >= 4 is 0 Å². The summed E-state index contributed by atoms with van der Waals surface area (Å²) in [5.74, 6) is -0.148. The highest BCUT2D eigenvalue weighted by molar-refractivity contribution is 5.30. The van der Waals surface area contributed by atoms with Crippen molar-refractivity contribution in [2.75, 3.05) is 13.2 Å². The number of ether oxygens (including phenoxy) is 2. The molecule has 1 rings (SSSR count). The molecular weight excluding hydrogens is 221 g/mol. The van der Waals surface area contributed by atoms with Crippen LogP contribution in [-0.2, 0) is 4.74 Å². The Kier molecular flexibility index (Phi) is 5.38. The first kappa shape index (κ1) is 13.9. The Morgan fingerprint density at radius 1 is 1.35 bits per heavy atom. The van der Waals surface area contributed by atoms with Crippen LogP contribution in [0.3, 0.4) is 0 Å². The summed E-state index contributed by atoms with van der Waals surface area (Å²) in [5.41, 5.74) is 6.43. The van der Waals surface area contributed by atoms with Gasteiger partial charge in [-0.3, -0.25) is 0 Å². The maximum Gasteiger partial charge on any atom is 0.165 e. The molecule has 2 N–H and O–H groups in total. The quantitative estimate of drug-likeness (QED) is 0.832. The third kappa shape index (κ3) is 4.32. The van der Waals surface area contributed by atoms with Crippen molar-refractivity contribution < 1.29 is 13.9 Å². The molecule has 0 bridgehead atoms. The first-order chi connectivity index (χ1) is 8.04. The number of hydrogen-bond acceptors (Lipinski definition) is 3. The van der Waals surface area contributed by atoms with E-state index < -0.39 is 0 Å². The first-order valence-corrected chi connectivity index (χ1v) is 5.84. The highest BCUT2D eigenvalue weighted by Crippen LogP contribution is 2.22. The van der Waals surface area contributed by atoms with Crippen molar-refractivity contribution in [3.63, 3.8) is 0 Å². The van der Waals surface area contributed by atoms with Gasteiger partial charge in [0.25, 0.3) is 0 Å². The minimum Gasteiger partial charge on any atom is -0.485 e. The van der Waals surface area contributed by atoms with Gasteiger partial charge < -0.3 is 15.2 Å². The fourth-order valence-corrected chi connectivity index (χ4v) is 1.43. The van der Waals surface area contributed by atoms with Gasteiger partial charge in [0.2, 0.25) is 0 Å². The van der Waals surface area contributed by atoms with Crippen molar-refractivity contribution in [1.82, 2.24) is 0 Å². The number of halogens is 1. The molecule has 0 radical (unpaired) electrons. The van der Waals surface area contributed by atoms with E-state index in [1.165, 1.54) is 6.07 Å². The van der Waals surface area contributed by atoms with Crippen molar-refractivity contribution in [3.8, 4) is 5.75 Å². The first-order valence-electron chi connectivity index (χ1n) is 5.84. The summed E-state index contributed by atoms with van der Waals surface area (Å²) in [6, 6.07) is 4.61. The second-order valence-corrected chi connectivity index (χ2v) is 4.07. The van der Waals surface area contributed by atoms with Gasteiger partial charge in [0.1, 0.15) is 6.10 Å². The van der Waals surface area contributed by atoms with Gasteiger partial charge >= 0.3 is 0 Å². The molecule has 1 aromatic rings. The lowest BCUT2D eigenvalue weighted by molar-refractivity contribution is 0.0636. The van der Waals surface area contributed by atoms with Crippen LogP contribution < -0.4 is 10.5 Å². The van der Waals surface area contributed by atoms with Gasteiger partial charge in [-0.25, -0.2) is 4.39 Å². The SMILES string of the molecule is CCOCC(C)Oc1ccc([C@@H](C)N)cc1F. The minimum atomic E-state index is -0.386. The normalized spacial score (nSPS) is 14.4. The van der Waals surface area contributed by atoms with Crippen molar-refractivity contribution in [1.29, 1.82) is 0 Å². The molecular formula is C13H20FNO2. The Hall–Kier alpha value is -1.13. The molecule has 2 atom stereocenters. The van der Waals surface area contributed by atoms with E-state index in [2.05, 4.69) is 0 Å². The molecule has 0 aliphatic heterocycles. The van der Waals surface area contributed by atoms with Crippen LogP contribution in [-0.4, -0.2) is 19.3 Å². The van der Waals surface area contributed by atoms with Gasteiger partial charge in [-0.2, -0.15) is 0 Å². The lowest BCUT2D eigenvalue weighted by atomic mass is 10.1. The average molecular weight is 241 g/mol. The molecule has 0 saturated carbocycles. The monoisotopic (exact) mass is 241 g/mol. The summed E-state index contributed by atoms with van der Waals surface area (Å²) in [4.78, 5) is 0. The molecule has 1 unspecified atom stereocenters. The highest BCUT2D eigenvalue weighted by atomic mass is 19.1. The molecule has 0 saturated heterocycles. The van der Waals surface area contributed by atoms with E-state index in [9.17, 15) is 4.39 Å². The highest BCUT2D eigenvalue weighted by Gasteiger charge is 2.10. The van der Waals surface area contributed by atoms with Crippen molar-refractivity contribution in [3.05, 3.63) is 29.6 Å². The van der Waals surface area contributed by atoms with Gasteiger partial charge in [0.15, 0.2) is 11.6 Å². The second kappa shape index (κ2) is 6.57. The standard InChI is InChI=1S/C13H20FNO2/c1-4-16-8-9(2)17-13-6-5-11(10(3)15)7-12(13)14/h5-7,9-10H,4,8,15H2,1-3H3/t9?,10-/m1/s1. The molecule has 3 nitrogen and oxygen atoms in total. The summed E-state index contributed by atoms with van der Waals surface area (Å²) in [7, 11) is 0. The van der Waals surface area contributed by atoms with Crippen LogP contribution >= 0.6 is 0 Å². The van der Waals surface area contributed by atoms with E-state index in [1.54, 1.807) is 12.1 Å². The van der Waals surface area contributed by atoms with Crippen LogP contribution in [0, 0.1) is 5.82 Å². The number of hydrogen-bond donors (Lipinski definition) is 1. The Labute approximate surface area is 102 Å². The molecule has 4 heteroatoms. The van der Waals surface area contributed by atoms with Crippen LogP contribution in [0.1, 0.15) is 32.4 Å². The maximum absolute atomic E-state index is 13.7. The smallest absolute Gasteiger partial charge is 0.165 e. The predicted octanol–water partition coefficient (Wildman–Crippen LogP) is 2.65. The predicted molar refractivity (Wildman–Crippen MR) is 65.6 cm³/mol. The fourth-order valence-electron chi connectivity index (χ4n) is 1.43. The molecule has 0 aliphatic carbocycles. The number of benzene rings is 1. The zero-order chi connectivity index (χ0) is 12.8. The van der Waals surface area contributed by atoms with Crippen LogP contribution in [0.4, 0.5) is 4.39 Å². The Morgan fingerprint density at radius 2 is 2.06 bits per heavy atom. The zero-order valence-electron chi connectivity index (χ0n) is 10.6. The Balaban J connectivity index is 2.65. The third-order valence-corrected chi connectivity index (χ3v) is 2.37. The van der Waals surface area contributed by atoms with Crippen LogP contribution in [0.5, 0.6) is 5.75 Å². The Morgan fingerprint density at radius 3 is 2.59 bits per heavy atom. The van der Waals surface area contributed by atoms with Crippen LogP contribution in [0.15, 0.2) is 18.2 Å². The number of rotatable bonds is 6. The van der Waals surface area contributed by atoms with Gasteiger partial charge in [-0.05, 0) is 38.5 Å². The lowest BCUT2D eigenvalue weighted by Crippen LogP contribution is -2.19. The summed E-state index contributed by atoms with van der Waals surface area (Å²) in [6.45, 7) is 6.64. The van der Waals surface area contributed by atoms with Crippen molar-refractivity contribution in [2.24, 2.45) is 5.73 Å². The van der Waals surface area contributed by atoms with Gasteiger partial charge in [0, 0.05) is 12.6 Å². The maximum atomic E-state index is 13.7. The van der Waals surface area contributed by atoms with E-state index in [4.69, 9.17) is 15.2 Å². The molecule has 1 aromatic carbocycles. The van der Waals surface area contributed by atoms with E-state index >= 15 is 0 Å². The van der Waals surface area contributed by atoms with Crippen LogP contribution in [0.25, 0.3) is 0 Å². The largest absolute Gasteiger partial charge is 0.485 e. The van der Waals surface area contributed by atoms with E-state index in [1.807, 2.05) is 20.8 Å². The average Bonchev–Trinajstić information content (AvgIpc) is 2.28. The van der Waals surface area contributed by atoms with Crippen molar-refractivity contribution in [2.45, 2.75) is 32.9 Å². The summed E-state index contributed by atoms with van der Waals surface area (Å²) in [6.07, 6.45) is -0.175. The molecule has 0 aromatic heterocycles. The molecule has 0 spiro atoms. The van der Waals surface area contributed by atoms with Gasteiger partial charge in [0.05, 0.1) is 6.61 Å². The summed E-state index contributed by atoms with van der Waals surface area (Å²) >= 11 is 0. The molecule has 96 valence electrons. The van der Waals surface area contributed by atoms with Gasteiger partial charge in [-0.15, -0.1) is 0 Å². The molecule has 0 amide bonds. The lowest BCUT2D eigenvalue weighted by Gasteiger charge is -2.16. The zero-order valence-corrected chi connectivity index (χ0v) is 10.6. The minimum absolute atomic E-state index is 0.175. The molecule has 0 fully saturated rings. The van der Waals surface area contributed by atoms with E-state index in [-0.39, 0.29) is 23.7 Å². The van der Waals surface area contributed by atoms with E-state index in [0.717, 1.165) is 5.56 Å². The van der Waals surface area contributed by atoms with E-state index in [0.29, 0.717) is 13.2 Å². The van der Waals surface area contributed by atoms with Crippen LogP contribution in [0.2, 0.25) is 0 Å².